The third-order valence-corrected chi connectivity index (χ3v) is 4.28. The van der Waals surface area contributed by atoms with Gasteiger partial charge in [0.1, 0.15) is 0 Å². The molecule has 2 unspecified atom stereocenters. The molecule has 0 fully saturated rings. The van der Waals surface area contributed by atoms with E-state index in [2.05, 4.69) is 83.3 Å². The number of nitrogens with one attached hydrogen (secondary N) is 1. The largest absolute Gasteiger partial charge is 0.304 e. The van der Waals surface area contributed by atoms with Gasteiger partial charge in [-0.25, -0.2) is 0 Å². The molecule has 0 saturated carbocycles. The summed E-state index contributed by atoms with van der Waals surface area (Å²) in [7, 11) is 0. The minimum Gasteiger partial charge on any atom is -0.304 e. The maximum Gasteiger partial charge on any atom is 0.0300 e. The number of hydrogen-bond acceptors (Lipinski definition) is 1. The molecule has 0 amide bonds. The summed E-state index contributed by atoms with van der Waals surface area (Å²) >= 11 is 0. The Hall–Kier alpha value is -1.60. The predicted octanol–water partition coefficient (Wildman–Crippen LogP) is 5.33. The summed E-state index contributed by atoms with van der Waals surface area (Å²) in [6.07, 6.45) is 0. The van der Waals surface area contributed by atoms with Crippen LogP contribution in [0.2, 0.25) is 0 Å². The Kier molecular flexibility index (Phi) is 4.84. The van der Waals surface area contributed by atoms with E-state index in [0.29, 0.717) is 12.1 Å². The first-order chi connectivity index (χ1) is 9.88. The zero-order valence-electron chi connectivity index (χ0n) is 14.1. The van der Waals surface area contributed by atoms with Gasteiger partial charge in [0.15, 0.2) is 0 Å². The highest BCUT2D eigenvalue weighted by Crippen LogP contribution is 2.24. The van der Waals surface area contributed by atoms with E-state index >= 15 is 0 Å². The first kappa shape index (κ1) is 15.8. The Labute approximate surface area is 129 Å². The molecule has 0 aliphatic rings. The van der Waals surface area contributed by atoms with Crippen LogP contribution in [0.4, 0.5) is 0 Å². The molecule has 0 heterocycles. The lowest BCUT2D eigenvalue weighted by Gasteiger charge is -2.23. The van der Waals surface area contributed by atoms with Crippen LogP contribution in [-0.2, 0) is 0 Å². The van der Waals surface area contributed by atoms with Crippen molar-refractivity contribution >= 4 is 0 Å². The summed E-state index contributed by atoms with van der Waals surface area (Å²) in [5.74, 6) is 0. The van der Waals surface area contributed by atoms with Crippen molar-refractivity contribution in [2.24, 2.45) is 0 Å². The molecular formula is C20H27N. The van der Waals surface area contributed by atoms with Crippen molar-refractivity contribution in [1.29, 1.82) is 0 Å². The average Bonchev–Trinajstić information content (AvgIpc) is 2.37. The van der Waals surface area contributed by atoms with Crippen molar-refractivity contribution < 1.29 is 0 Å². The average molecular weight is 281 g/mol. The van der Waals surface area contributed by atoms with Crippen LogP contribution in [-0.4, -0.2) is 0 Å². The van der Waals surface area contributed by atoms with Crippen LogP contribution in [0, 0.1) is 27.7 Å². The van der Waals surface area contributed by atoms with Crippen LogP contribution in [0.5, 0.6) is 0 Å². The molecule has 0 bridgehead atoms. The van der Waals surface area contributed by atoms with E-state index in [1.54, 1.807) is 0 Å². The first-order valence-electron chi connectivity index (χ1n) is 7.79. The summed E-state index contributed by atoms with van der Waals surface area (Å²) in [5.41, 5.74) is 8.15. The molecule has 0 spiro atoms. The van der Waals surface area contributed by atoms with Crippen molar-refractivity contribution in [2.75, 3.05) is 0 Å². The van der Waals surface area contributed by atoms with Crippen LogP contribution < -0.4 is 5.32 Å². The summed E-state index contributed by atoms with van der Waals surface area (Å²) in [4.78, 5) is 0. The van der Waals surface area contributed by atoms with Crippen LogP contribution in [0.3, 0.4) is 0 Å². The Bertz CT molecular complexity index is 572. The lowest BCUT2D eigenvalue weighted by atomic mass is 9.97. The van der Waals surface area contributed by atoms with E-state index in [9.17, 15) is 0 Å². The van der Waals surface area contributed by atoms with Crippen LogP contribution in [0.25, 0.3) is 0 Å². The molecular weight excluding hydrogens is 254 g/mol. The van der Waals surface area contributed by atoms with Crippen LogP contribution in [0.15, 0.2) is 36.4 Å². The number of hydrogen-bond donors (Lipinski definition) is 1. The number of benzene rings is 2. The van der Waals surface area contributed by atoms with E-state index in [1.807, 2.05) is 0 Å². The lowest BCUT2D eigenvalue weighted by Crippen LogP contribution is -2.23. The van der Waals surface area contributed by atoms with Gasteiger partial charge in [-0.2, -0.15) is 0 Å². The molecule has 1 nitrogen and oxygen atoms in total. The van der Waals surface area contributed by atoms with Gasteiger partial charge in [-0.15, -0.1) is 0 Å². The summed E-state index contributed by atoms with van der Waals surface area (Å²) in [5, 5.41) is 3.73. The highest BCUT2D eigenvalue weighted by Gasteiger charge is 2.14. The fourth-order valence-corrected chi connectivity index (χ4v) is 3.18. The molecule has 1 N–H and O–H groups in total. The van der Waals surface area contributed by atoms with Crippen molar-refractivity contribution in [3.8, 4) is 0 Å². The molecule has 0 aromatic heterocycles. The molecule has 0 aliphatic carbocycles. The zero-order chi connectivity index (χ0) is 15.6. The van der Waals surface area contributed by atoms with Gasteiger partial charge in [0.2, 0.25) is 0 Å². The molecule has 2 aromatic carbocycles. The van der Waals surface area contributed by atoms with Crippen molar-refractivity contribution in [1.82, 2.24) is 5.32 Å². The maximum absolute atomic E-state index is 3.73. The van der Waals surface area contributed by atoms with Crippen molar-refractivity contribution in [3.63, 3.8) is 0 Å². The minimum absolute atomic E-state index is 0.348. The van der Waals surface area contributed by atoms with Gasteiger partial charge in [-0.3, -0.25) is 0 Å². The van der Waals surface area contributed by atoms with Gasteiger partial charge < -0.3 is 5.32 Å². The van der Waals surface area contributed by atoms with E-state index in [1.165, 1.54) is 33.4 Å². The molecule has 112 valence electrons. The monoisotopic (exact) mass is 281 g/mol. The normalized spacial score (nSPS) is 14.0. The zero-order valence-corrected chi connectivity index (χ0v) is 14.1. The molecule has 2 rings (SSSR count). The molecule has 0 radical (unpaired) electrons. The molecule has 1 heteroatoms. The Balaban J connectivity index is 2.16. The second-order valence-electron chi connectivity index (χ2n) is 6.33. The van der Waals surface area contributed by atoms with E-state index < -0.39 is 0 Å². The van der Waals surface area contributed by atoms with Crippen molar-refractivity contribution in [2.45, 2.75) is 53.6 Å². The third kappa shape index (κ3) is 3.74. The molecule has 21 heavy (non-hydrogen) atoms. The molecule has 0 aliphatic heterocycles. The van der Waals surface area contributed by atoms with Gasteiger partial charge in [-0.1, -0.05) is 47.5 Å². The second-order valence-corrected chi connectivity index (χ2v) is 6.33. The number of rotatable bonds is 4. The fraction of sp³-hybridized carbons (Fsp3) is 0.400. The topological polar surface area (TPSA) is 12.0 Å². The second kappa shape index (κ2) is 6.44. The molecule has 0 saturated heterocycles. The maximum atomic E-state index is 3.73. The van der Waals surface area contributed by atoms with E-state index in [-0.39, 0.29) is 0 Å². The Morgan fingerprint density at radius 3 is 1.38 bits per heavy atom. The fourth-order valence-electron chi connectivity index (χ4n) is 3.18. The van der Waals surface area contributed by atoms with Gasteiger partial charge in [0.05, 0.1) is 0 Å². The smallest absolute Gasteiger partial charge is 0.0300 e. The SMILES string of the molecule is Cc1ccc(C(C)NC(C)c2ccc(C)cc2C)c(C)c1. The highest BCUT2D eigenvalue weighted by atomic mass is 14.9. The van der Waals surface area contributed by atoms with Crippen molar-refractivity contribution in [3.05, 3.63) is 69.8 Å². The van der Waals surface area contributed by atoms with Gasteiger partial charge in [-0.05, 0) is 63.8 Å². The highest BCUT2D eigenvalue weighted by molar-refractivity contribution is 5.35. The Morgan fingerprint density at radius 2 is 1.05 bits per heavy atom. The van der Waals surface area contributed by atoms with Gasteiger partial charge in [0, 0.05) is 12.1 Å². The lowest BCUT2D eigenvalue weighted by molar-refractivity contribution is 0.491. The minimum atomic E-state index is 0.348. The quantitative estimate of drug-likeness (QED) is 0.798. The molecule has 2 atom stereocenters. The Morgan fingerprint density at radius 1 is 0.667 bits per heavy atom. The number of aryl methyl sites for hydroxylation is 4. The van der Waals surface area contributed by atoms with E-state index in [4.69, 9.17) is 0 Å². The first-order valence-corrected chi connectivity index (χ1v) is 7.79. The summed E-state index contributed by atoms with van der Waals surface area (Å²) in [6.45, 7) is 13.2. The van der Waals surface area contributed by atoms with Gasteiger partial charge >= 0.3 is 0 Å². The van der Waals surface area contributed by atoms with E-state index in [0.717, 1.165) is 0 Å². The van der Waals surface area contributed by atoms with Crippen LogP contribution in [0.1, 0.15) is 59.3 Å². The summed E-state index contributed by atoms with van der Waals surface area (Å²) in [6, 6.07) is 14.1. The third-order valence-electron chi connectivity index (χ3n) is 4.28. The predicted molar refractivity (Wildman–Crippen MR) is 91.8 cm³/mol. The standard InChI is InChI=1S/C20H27N/c1-13-7-9-19(15(3)11-13)17(5)21-18(6)20-10-8-14(2)12-16(20)4/h7-12,17-18,21H,1-6H3. The summed E-state index contributed by atoms with van der Waals surface area (Å²) < 4.78 is 0. The van der Waals surface area contributed by atoms with Crippen LogP contribution >= 0.6 is 0 Å². The molecule has 2 aromatic rings. The van der Waals surface area contributed by atoms with Gasteiger partial charge in [0.25, 0.3) is 0 Å².